The zero-order valence-electron chi connectivity index (χ0n) is 20.1. The van der Waals surface area contributed by atoms with Crippen LogP contribution < -0.4 is 14.0 Å². The number of ether oxygens (including phenoxy) is 2. The molecular weight excluding hydrogens is 432 g/mol. The van der Waals surface area contributed by atoms with Crippen LogP contribution in [0.4, 0.5) is 0 Å². The molecule has 0 saturated heterocycles. The first-order chi connectivity index (χ1) is 17.2. The third-order valence-corrected chi connectivity index (χ3v) is 6.20. The van der Waals surface area contributed by atoms with Crippen molar-refractivity contribution in [2.24, 2.45) is 0 Å². The third kappa shape index (κ3) is 4.97. The summed E-state index contributed by atoms with van der Waals surface area (Å²) in [6.45, 7) is 1.51. The zero-order chi connectivity index (χ0) is 24.0. The molecule has 174 valence electrons. The Morgan fingerprint density at radius 1 is 0.600 bits per heavy atom. The normalized spacial score (nSPS) is 10.8. The minimum Gasteiger partial charge on any atom is -0.497 e. The van der Waals surface area contributed by atoms with Gasteiger partial charge in [0.15, 0.2) is 11.4 Å². The Morgan fingerprint density at radius 2 is 1.11 bits per heavy atom. The maximum atomic E-state index is 5.36. The van der Waals surface area contributed by atoms with Gasteiger partial charge in [0.25, 0.3) is 0 Å². The van der Waals surface area contributed by atoms with Crippen molar-refractivity contribution < 1.29 is 14.0 Å². The van der Waals surface area contributed by atoms with Crippen LogP contribution in [0.25, 0.3) is 22.5 Å². The van der Waals surface area contributed by atoms with E-state index < -0.39 is 0 Å². The molecule has 0 spiro atoms. The summed E-state index contributed by atoms with van der Waals surface area (Å²) in [4.78, 5) is 0. The highest BCUT2D eigenvalue weighted by Crippen LogP contribution is 2.31. The minimum absolute atomic E-state index is 0.754. The van der Waals surface area contributed by atoms with Crippen molar-refractivity contribution in [3.63, 3.8) is 0 Å². The largest absolute Gasteiger partial charge is 0.497 e. The van der Waals surface area contributed by atoms with Gasteiger partial charge in [-0.25, -0.2) is 9.13 Å². The monoisotopic (exact) mass is 461 g/mol. The van der Waals surface area contributed by atoms with Crippen molar-refractivity contribution in [2.75, 3.05) is 14.2 Å². The van der Waals surface area contributed by atoms with E-state index in [1.807, 2.05) is 24.3 Å². The second-order valence-corrected chi connectivity index (χ2v) is 8.50. The Hall–Kier alpha value is -4.31. The molecule has 0 aliphatic rings. The molecule has 4 nitrogen and oxygen atoms in total. The Morgan fingerprint density at radius 3 is 1.66 bits per heavy atom. The molecule has 0 N–H and O–H groups in total. The maximum absolute atomic E-state index is 5.36. The number of imidazole rings is 1. The first kappa shape index (κ1) is 22.5. The first-order valence-electron chi connectivity index (χ1n) is 11.7. The summed E-state index contributed by atoms with van der Waals surface area (Å²) in [5.74, 6) is 1.73. The average molecular weight is 462 g/mol. The van der Waals surface area contributed by atoms with Crippen LogP contribution in [0.1, 0.15) is 11.1 Å². The molecule has 0 bridgehead atoms. The van der Waals surface area contributed by atoms with E-state index in [0.29, 0.717) is 0 Å². The average Bonchev–Trinajstić information content (AvgIpc) is 3.27. The number of methoxy groups -OCH3 is 2. The highest BCUT2D eigenvalue weighted by molar-refractivity contribution is 5.76. The van der Waals surface area contributed by atoms with Gasteiger partial charge in [0.05, 0.1) is 14.2 Å². The quantitative estimate of drug-likeness (QED) is 0.256. The Balaban J connectivity index is 1.66. The smallest absolute Gasteiger partial charge is 0.245 e. The highest BCUT2D eigenvalue weighted by atomic mass is 16.5. The van der Waals surface area contributed by atoms with E-state index >= 15 is 0 Å². The molecule has 0 atom stereocenters. The molecule has 5 aromatic rings. The van der Waals surface area contributed by atoms with Crippen molar-refractivity contribution >= 4 is 0 Å². The van der Waals surface area contributed by atoms with Crippen LogP contribution in [-0.4, -0.2) is 18.8 Å². The first-order valence-corrected chi connectivity index (χ1v) is 11.7. The fourth-order valence-electron chi connectivity index (χ4n) is 4.45. The fraction of sp³-hybridized carbons (Fsp3) is 0.129. The van der Waals surface area contributed by atoms with Crippen LogP contribution in [0.2, 0.25) is 0 Å². The summed E-state index contributed by atoms with van der Waals surface area (Å²) in [6.07, 6.45) is 2.24. The molecule has 1 heterocycles. The summed E-state index contributed by atoms with van der Waals surface area (Å²) >= 11 is 0. The van der Waals surface area contributed by atoms with Gasteiger partial charge in [-0.3, -0.25) is 0 Å². The number of rotatable bonds is 8. The molecule has 0 aliphatic carbocycles. The van der Waals surface area contributed by atoms with Crippen LogP contribution in [0.15, 0.2) is 116 Å². The van der Waals surface area contributed by atoms with Gasteiger partial charge in [-0.05, 0) is 35.4 Å². The predicted octanol–water partition coefficient (Wildman–Crippen LogP) is 6.22. The molecule has 35 heavy (non-hydrogen) atoms. The lowest BCUT2D eigenvalue weighted by Crippen LogP contribution is -2.34. The summed E-state index contributed by atoms with van der Waals surface area (Å²) in [7, 11) is 3.39. The highest BCUT2D eigenvalue weighted by Gasteiger charge is 2.26. The van der Waals surface area contributed by atoms with Crippen LogP contribution in [0.3, 0.4) is 0 Å². The Kier molecular flexibility index (Phi) is 6.62. The predicted molar refractivity (Wildman–Crippen MR) is 140 cm³/mol. The summed E-state index contributed by atoms with van der Waals surface area (Å²) in [5.41, 5.74) is 7.20. The van der Waals surface area contributed by atoms with E-state index in [1.165, 1.54) is 33.6 Å². The molecule has 0 radical (unpaired) electrons. The number of hydrogen-bond donors (Lipinski definition) is 0. The van der Waals surface area contributed by atoms with Crippen LogP contribution >= 0.6 is 0 Å². The van der Waals surface area contributed by atoms with Crippen LogP contribution in [0.5, 0.6) is 11.5 Å². The lowest BCUT2D eigenvalue weighted by molar-refractivity contribution is -0.677. The van der Waals surface area contributed by atoms with Crippen molar-refractivity contribution in [2.45, 2.75) is 13.1 Å². The van der Waals surface area contributed by atoms with Crippen molar-refractivity contribution in [1.82, 2.24) is 4.57 Å². The molecule has 0 aliphatic heterocycles. The van der Waals surface area contributed by atoms with Gasteiger partial charge < -0.3 is 9.47 Å². The Bertz CT molecular complexity index is 1270. The molecule has 0 unspecified atom stereocenters. The summed E-state index contributed by atoms with van der Waals surface area (Å²) < 4.78 is 15.4. The summed E-state index contributed by atoms with van der Waals surface area (Å²) in [5, 5.41) is 0. The van der Waals surface area contributed by atoms with Gasteiger partial charge in [0.1, 0.15) is 24.6 Å². The number of aromatic nitrogens is 2. The SMILES string of the molecule is COc1ccc(Cn2c[n+](Cc3ccc(OC)cc3)c(-c3ccccc3)c2-c2ccccc2)cc1. The lowest BCUT2D eigenvalue weighted by Gasteiger charge is -2.07. The molecule has 0 amide bonds. The third-order valence-electron chi connectivity index (χ3n) is 6.20. The molecule has 5 rings (SSSR count). The van der Waals surface area contributed by atoms with Crippen molar-refractivity contribution in [3.8, 4) is 34.0 Å². The number of hydrogen-bond acceptors (Lipinski definition) is 2. The second-order valence-electron chi connectivity index (χ2n) is 8.50. The van der Waals surface area contributed by atoms with Gasteiger partial charge in [-0.1, -0.05) is 84.9 Å². The standard InChI is InChI=1S/C31H29N2O2/c1-34-28-17-13-24(14-18-28)21-32-23-33(22-25-15-19-29(35-2)20-16-25)31(27-11-7-4-8-12-27)30(32)26-9-5-3-6-10-26/h3-20,23H,21-22H2,1-2H3/q+1. The van der Waals surface area contributed by atoms with E-state index in [0.717, 1.165) is 24.6 Å². The molecule has 4 aromatic carbocycles. The van der Waals surface area contributed by atoms with Gasteiger partial charge in [0, 0.05) is 11.1 Å². The Labute approximate surface area is 206 Å². The van der Waals surface area contributed by atoms with E-state index in [4.69, 9.17) is 9.47 Å². The maximum Gasteiger partial charge on any atom is 0.245 e. The zero-order valence-corrected chi connectivity index (χ0v) is 20.1. The molecular formula is C31H29N2O2+. The lowest BCUT2D eigenvalue weighted by atomic mass is 10.0. The van der Waals surface area contributed by atoms with E-state index in [9.17, 15) is 0 Å². The molecule has 4 heteroatoms. The molecule has 1 aromatic heterocycles. The number of nitrogens with zero attached hydrogens (tertiary/aromatic N) is 2. The van der Waals surface area contributed by atoms with Gasteiger partial charge in [0.2, 0.25) is 6.33 Å². The van der Waals surface area contributed by atoms with Crippen LogP contribution in [0, 0.1) is 0 Å². The van der Waals surface area contributed by atoms with E-state index in [1.54, 1.807) is 14.2 Å². The summed E-state index contributed by atoms with van der Waals surface area (Å²) in [6, 6.07) is 37.9. The van der Waals surface area contributed by atoms with Gasteiger partial charge in [-0.2, -0.15) is 0 Å². The van der Waals surface area contributed by atoms with E-state index in [2.05, 4.69) is 100 Å². The topological polar surface area (TPSA) is 27.3 Å². The van der Waals surface area contributed by atoms with Crippen molar-refractivity contribution in [3.05, 3.63) is 127 Å². The van der Waals surface area contributed by atoms with Gasteiger partial charge >= 0.3 is 0 Å². The number of benzene rings is 4. The van der Waals surface area contributed by atoms with Gasteiger partial charge in [-0.15, -0.1) is 0 Å². The minimum atomic E-state index is 0.754. The van der Waals surface area contributed by atoms with Crippen LogP contribution in [-0.2, 0) is 13.1 Å². The van der Waals surface area contributed by atoms with E-state index in [-0.39, 0.29) is 0 Å². The molecule has 0 saturated carbocycles. The fourth-order valence-corrected chi connectivity index (χ4v) is 4.45. The van der Waals surface area contributed by atoms with Crippen molar-refractivity contribution in [1.29, 1.82) is 0 Å². The second kappa shape index (κ2) is 10.3. The molecule has 0 fully saturated rings.